The fraction of sp³-hybridized carbons (Fsp3) is 0. The van der Waals surface area contributed by atoms with E-state index in [1.807, 2.05) is 0 Å². The molecule has 0 unspecified atom stereocenters. The van der Waals surface area contributed by atoms with Gasteiger partial charge in [0.2, 0.25) is 0 Å². The van der Waals surface area contributed by atoms with Gasteiger partial charge in [-0.15, -0.1) is 0 Å². The van der Waals surface area contributed by atoms with Gasteiger partial charge in [0.1, 0.15) is 0 Å². The van der Waals surface area contributed by atoms with Gasteiger partial charge in [0.25, 0.3) is 0 Å². The average molecular weight is 144 g/mol. The molecule has 0 aliphatic rings. The predicted molar refractivity (Wildman–Crippen MR) is 5.61 cm³/mol. The molecule has 0 heterocycles. The molecule has 0 rings (SSSR count). The van der Waals surface area contributed by atoms with Crippen LogP contribution in [0.15, 0.2) is 0 Å². The Bertz CT molecular complexity index is 29.5. The minimum atomic E-state index is 0. The van der Waals surface area contributed by atoms with Crippen molar-refractivity contribution < 1.29 is 32.2 Å². The summed E-state index contributed by atoms with van der Waals surface area (Å²) in [7, 11) is 0. The maximum atomic E-state index is 7.18. The Morgan fingerprint density at radius 1 is 1.75 bits per heavy atom. The summed E-state index contributed by atoms with van der Waals surface area (Å²) in [5.41, 5.74) is 0. The molecular weight excluding hydrogens is 144 g/mol. The van der Waals surface area contributed by atoms with Crippen LogP contribution in [0.5, 0.6) is 0 Å². The third kappa shape index (κ3) is 23.0. The Labute approximate surface area is 42.9 Å². The van der Waals surface area contributed by atoms with Crippen LogP contribution in [0.4, 0.5) is 0 Å². The molecule has 0 spiro atoms. The van der Waals surface area contributed by atoms with Gasteiger partial charge in [-0.05, 0) is 0 Å². The van der Waals surface area contributed by atoms with Gasteiger partial charge in [-0.25, -0.2) is 0 Å². The molecule has 0 aromatic carbocycles. The molecule has 0 N–H and O–H groups in total. The van der Waals surface area contributed by atoms with Gasteiger partial charge in [0.15, 0.2) is 0 Å². The molecule has 3 heteroatoms. The van der Waals surface area contributed by atoms with E-state index in [4.69, 9.17) is 5.26 Å². The van der Waals surface area contributed by atoms with Crippen molar-refractivity contribution in [1.29, 1.82) is 5.26 Å². The van der Waals surface area contributed by atoms with Crippen molar-refractivity contribution >= 4 is 0 Å². The largest absolute Gasteiger partial charge is 0 e. The topological polar surface area (TPSA) is 23.8 Å². The smallest absolute Gasteiger partial charge is 0 e. The minimum absolute atomic E-state index is 0. The van der Waals surface area contributed by atoms with E-state index in [1.165, 1.54) is 5.00 Å². The molecule has 0 aliphatic heterocycles. The maximum Gasteiger partial charge on any atom is 0 e. The zero-order valence-corrected chi connectivity index (χ0v) is 3.63. The molecule has 0 radical (unpaired) electrons. The van der Waals surface area contributed by atoms with Crippen molar-refractivity contribution in [3.63, 3.8) is 0 Å². The van der Waals surface area contributed by atoms with Crippen molar-refractivity contribution in [2.75, 3.05) is 0 Å². The van der Waals surface area contributed by atoms with Gasteiger partial charge < -0.3 is 0 Å². The summed E-state index contributed by atoms with van der Waals surface area (Å²) < 4.78 is 0. The van der Waals surface area contributed by atoms with Crippen LogP contribution in [0, 0.1) is 10.3 Å². The normalized spacial score (nSPS) is 2.25. The van der Waals surface area contributed by atoms with Crippen LogP contribution in [0.3, 0.4) is 0 Å². The van der Waals surface area contributed by atoms with Crippen LogP contribution in [0.2, 0.25) is 0 Å². The monoisotopic (exact) mass is 143 g/mol. The van der Waals surface area contributed by atoms with Gasteiger partial charge >= 0.3 is 26.0 Å². The van der Waals surface area contributed by atoms with Crippen LogP contribution >= 0.6 is 0 Å². The number of nitriles is 1. The Morgan fingerprint density at radius 2 is 1.75 bits per heavy atom. The Morgan fingerprint density at radius 3 is 1.75 bits per heavy atom. The van der Waals surface area contributed by atoms with E-state index in [1.54, 1.807) is 0 Å². The van der Waals surface area contributed by atoms with Crippen LogP contribution in [0.1, 0.15) is 0 Å². The quantitative estimate of drug-likeness (QED) is 0.439. The molecule has 0 aromatic heterocycles. The Kier molecular flexibility index (Phi) is 21.5. The number of rotatable bonds is 0. The fourth-order valence-corrected chi connectivity index (χ4v) is 0. The standard InChI is InChI=1S/CN.Co.Ni/c1-2;;. The summed E-state index contributed by atoms with van der Waals surface area (Å²) in [5, 5.41) is 8.62. The van der Waals surface area contributed by atoms with Crippen molar-refractivity contribution in [2.45, 2.75) is 0 Å². The first kappa shape index (κ1) is 8.82. The average Bonchev–Trinajstić information content (AvgIpc) is 0.918. The number of hydrogen-bond donors (Lipinski definition) is 0. The molecule has 0 aliphatic carbocycles. The van der Waals surface area contributed by atoms with Crippen LogP contribution in [0.25, 0.3) is 0 Å². The molecule has 0 saturated heterocycles. The molecule has 0 bridgehead atoms. The van der Waals surface area contributed by atoms with E-state index in [2.05, 4.69) is 15.7 Å². The van der Waals surface area contributed by atoms with Crippen molar-refractivity contribution in [3.05, 3.63) is 0 Å². The van der Waals surface area contributed by atoms with E-state index in [0.717, 1.165) is 0 Å². The molecule has 1 nitrogen and oxygen atoms in total. The van der Waals surface area contributed by atoms with Crippen LogP contribution in [-0.4, -0.2) is 0 Å². The number of nitrogens with zero attached hydrogens (tertiary/aromatic N) is 1. The second-order valence-electron chi connectivity index (χ2n) is 0.0745. The second-order valence-corrected chi connectivity index (χ2v) is 0.307. The van der Waals surface area contributed by atoms with E-state index in [0.29, 0.717) is 0 Å². The second kappa shape index (κ2) is 9.75. The molecular formula is CCoNNi. The van der Waals surface area contributed by atoms with E-state index in [9.17, 15) is 0 Å². The summed E-state index contributed by atoms with van der Waals surface area (Å²) in [6.07, 6.45) is 0. The summed E-state index contributed by atoms with van der Waals surface area (Å²) in [5.74, 6) is 0. The zero-order chi connectivity index (χ0) is 2.71. The van der Waals surface area contributed by atoms with Crippen molar-refractivity contribution in [3.8, 4) is 5.00 Å². The van der Waals surface area contributed by atoms with Crippen molar-refractivity contribution in [2.24, 2.45) is 0 Å². The van der Waals surface area contributed by atoms with Gasteiger partial charge in [-0.3, -0.25) is 0 Å². The maximum absolute atomic E-state index is 7.18. The van der Waals surface area contributed by atoms with Gasteiger partial charge in [-0.2, -0.15) is 0 Å². The van der Waals surface area contributed by atoms with Crippen molar-refractivity contribution in [1.82, 2.24) is 0 Å². The third-order valence-electron chi connectivity index (χ3n) is 0. The minimum Gasteiger partial charge on any atom is 0 e. The molecule has 4 heavy (non-hydrogen) atoms. The molecule has 0 atom stereocenters. The number of hydrogen-bond acceptors (Lipinski definition) is 1. The summed E-state index contributed by atoms with van der Waals surface area (Å²) in [6, 6.07) is 0. The van der Waals surface area contributed by atoms with E-state index < -0.39 is 0 Å². The van der Waals surface area contributed by atoms with Gasteiger partial charge in [0, 0.05) is 16.5 Å². The molecule has 0 saturated carbocycles. The third-order valence-corrected chi connectivity index (χ3v) is 0. The summed E-state index contributed by atoms with van der Waals surface area (Å²) in [6.45, 7) is 0. The predicted octanol–water partition coefficient (Wildman–Crippen LogP) is 0.0118. The Hall–Kier alpha value is 0.490. The first-order valence-corrected chi connectivity index (χ1v) is 0.911. The van der Waals surface area contributed by atoms with Crippen LogP contribution < -0.4 is 0 Å². The van der Waals surface area contributed by atoms with Gasteiger partial charge in [-0.1, -0.05) is 0 Å². The molecule has 0 fully saturated rings. The molecule has 0 amide bonds. The zero-order valence-electron chi connectivity index (χ0n) is 1.60. The summed E-state index contributed by atoms with van der Waals surface area (Å²) >= 11 is 3.13. The van der Waals surface area contributed by atoms with E-state index in [-0.39, 0.29) is 16.5 Å². The first-order chi connectivity index (χ1) is 1.41. The Balaban J connectivity index is 0. The first-order valence-electron chi connectivity index (χ1n) is 0.390. The van der Waals surface area contributed by atoms with E-state index >= 15 is 0 Å². The molecule has 28 valence electrons. The summed E-state index contributed by atoms with van der Waals surface area (Å²) in [4.78, 5) is 0. The van der Waals surface area contributed by atoms with Crippen LogP contribution in [-0.2, 0) is 32.2 Å². The molecule has 0 aromatic rings. The van der Waals surface area contributed by atoms with Gasteiger partial charge in [0.05, 0.1) is 0 Å². The SMILES string of the molecule is N#[C][Co].[Ni]. The fourth-order valence-electron chi connectivity index (χ4n) is 0.